The lowest BCUT2D eigenvalue weighted by molar-refractivity contribution is 0.288. The van der Waals surface area contributed by atoms with Gasteiger partial charge in [-0.05, 0) is 30.7 Å². The minimum Gasteiger partial charge on any atom is -0.302 e. The summed E-state index contributed by atoms with van der Waals surface area (Å²) in [4.78, 5) is 2.09. The minimum atomic E-state index is -0.787. The quantitative estimate of drug-likeness (QED) is 0.743. The standard InChI is InChI=1S/C12H17F2N/c1-9(2)7-15(3)8-10-4-5-11(13)12(14)6-10/h4-6,9H,7-8H2,1-3H3. The third-order valence-electron chi connectivity index (χ3n) is 2.11. The van der Waals surface area contributed by atoms with Gasteiger partial charge in [0.2, 0.25) is 0 Å². The predicted octanol–water partition coefficient (Wildman–Crippen LogP) is 3.05. The monoisotopic (exact) mass is 213 g/mol. The van der Waals surface area contributed by atoms with Crippen molar-refractivity contribution >= 4 is 0 Å². The number of nitrogens with zero attached hydrogens (tertiary/aromatic N) is 1. The fourth-order valence-electron chi connectivity index (χ4n) is 1.64. The molecule has 0 aliphatic heterocycles. The van der Waals surface area contributed by atoms with Crippen LogP contribution >= 0.6 is 0 Å². The molecule has 0 aromatic heterocycles. The summed E-state index contributed by atoms with van der Waals surface area (Å²) >= 11 is 0. The third kappa shape index (κ3) is 3.96. The van der Waals surface area contributed by atoms with Crippen LogP contribution in [0.25, 0.3) is 0 Å². The van der Waals surface area contributed by atoms with Crippen LogP contribution in [0.2, 0.25) is 0 Å². The normalized spacial score (nSPS) is 11.4. The Morgan fingerprint density at radius 1 is 1.20 bits per heavy atom. The van der Waals surface area contributed by atoms with Crippen molar-refractivity contribution in [1.29, 1.82) is 0 Å². The summed E-state index contributed by atoms with van der Waals surface area (Å²) in [6, 6.07) is 4.05. The zero-order valence-corrected chi connectivity index (χ0v) is 9.43. The smallest absolute Gasteiger partial charge is 0.159 e. The molecule has 1 aromatic carbocycles. The second-order valence-electron chi connectivity index (χ2n) is 4.34. The van der Waals surface area contributed by atoms with E-state index in [9.17, 15) is 8.78 Å². The average Bonchev–Trinajstić information content (AvgIpc) is 2.10. The molecule has 0 N–H and O–H groups in total. The molecule has 0 spiro atoms. The first-order valence-electron chi connectivity index (χ1n) is 5.11. The van der Waals surface area contributed by atoms with Gasteiger partial charge >= 0.3 is 0 Å². The molecule has 1 nitrogen and oxygen atoms in total. The molecule has 0 aliphatic carbocycles. The summed E-state index contributed by atoms with van der Waals surface area (Å²) in [5.74, 6) is -0.990. The molecular weight excluding hydrogens is 196 g/mol. The number of halogens is 2. The zero-order chi connectivity index (χ0) is 11.4. The topological polar surface area (TPSA) is 3.24 Å². The van der Waals surface area contributed by atoms with Gasteiger partial charge in [0.05, 0.1) is 0 Å². The Bertz CT molecular complexity index is 323. The lowest BCUT2D eigenvalue weighted by atomic mass is 10.1. The molecule has 1 rings (SSSR count). The minimum absolute atomic E-state index is 0.570. The fraction of sp³-hybridized carbons (Fsp3) is 0.500. The highest BCUT2D eigenvalue weighted by Crippen LogP contribution is 2.11. The molecule has 3 heteroatoms. The van der Waals surface area contributed by atoms with Gasteiger partial charge in [0, 0.05) is 13.1 Å². The van der Waals surface area contributed by atoms with E-state index in [0.29, 0.717) is 12.5 Å². The van der Waals surface area contributed by atoms with Gasteiger partial charge in [-0.2, -0.15) is 0 Å². The summed E-state index contributed by atoms with van der Waals surface area (Å²) in [5, 5.41) is 0. The Morgan fingerprint density at radius 3 is 2.40 bits per heavy atom. The Labute approximate surface area is 89.7 Å². The lowest BCUT2D eigenvalue weighted by Crippen LogP contribution is -2.22. The van der Waals surface area contributed by atoms with Crippen LogP contribution in [0.15, 0.2) is 18.2 Å². The van der Waals surface area contributed by atoms with Crippen molar-refractivity contribution in [2.24, 2.45) is 5.92 Å². The van der Waals surface area contributed by atoms with Crippen molar-refractivity contribution in [3.63, 3.8) is 0 Å². The molecule has 0 radical (unpaired) electrons. The third-order valence-corrected chi connectivity index (χ3v) is 2.11. The SMILES string of the molecule is CC(C)CN(C)Cc1ccc(F)c(F)c1. The molecule has 0 saturated carbocycles. The van der Waals surface area contributed by atoms with Crippen LogP contribution in [-0.2, 0) is 6.54 Å². The Hall–Kier alpha value is -0.960. The second kappa shape index (κ2) is 5.21. The van der Waals surface area contributed by atoms with Crippen LogP contribution in [0, 0.1) is 17.6 Å². The number of benzene rings is 1. The maximum Gasteiger partial charge on any atom is 0.159 e. The Kier molecular flexibility index (Phi) is 4.21. The van der Waals surface area contributed by atoms with Crippen LogP contribution in [0.1, 0.15) is 19.4 Å². The van der Waals surface area contributed by atoms with Gasteiger partial charge in [0.25, 0.3) is 0 Å². The molecule has 1 aromatic rings. The van der Waals surface area contributed by atoms with Crippen LogP contribution in [0.3, 0.4) is 0 Å². The predicted molar refractivity (Wildman–Crippen MR) is 57.5 cm³/mol. The molecule has 15 heavy (non-hydrogen) atoms. The van der Waals surface area contributed by atoms with Gasteiger partial charge in [-0.3, -0.25) is 0 Å². The van der Waals surface area contributed by atoms with Crippen molar-refractivity contribution in [1.82, 2.24) is 4.90 Å². The van der Waals surface area contributed by atoms with Crippen molar-refractivity contribution in [3.05, 3.63) is 35.4 Å². The molecule has 0 amide bonds. The fourth-order valence-corrected chi connectivity index (χ4v) is 1.64. The Morgan fingerprint density at radius 2 is 1.87 bits per heavy atom. The van der Waals surface area contributed by atoms with E-state index in [2.05, 4.69) is 18.7 Å². The van der Waals surface area contributed by atoms with E-state index in [-0.39, 0.29) is 0 Å². The first-order valence-corrected chi connectivity index (χ1v) is 5.11. The molecular formula is C12H17F2N. The maximum absolute atomic E-state index is 12.9. The van der Waals surface area contributed by atoms with Crippen molar-refractivity contribution < 1.29 is 8.78 Å². The van der Waals surface area contributed by atoms with Gasteiger partial charge in [0.1, 0.15) is 0 Å². The number of rotatable bonds is 4. The second-order valence-corrected chi connectivity index (χ2v) is 4.34. The summed E-state index contributed by atoms with van der Waals surface area (Å²) in [6.07, 6.45) is 0. The summed E-state index contributed by atoms with van der Waals surface area (Å²) in [7, 11) is 1.97. The maximum atomic E-state index is 12.9. The van der Waals surface area contributed by atoms with Gasteiger partial charge in [0.15, 0.2) is 11.6 Å². The molecule has 0 unspecified atom stereocenters. The van der Waals surface area contributed by atoms with E-state index >= 15 is 0 Å². The van der Waals surface area contributed by atoms with Crippen LogP contribution < -0.4 is 0 Å². The highest BCUT2D eigenvalue weighted by molar-refractivity contribution is 5.17. The number of hydrogen-bond acceptors (Lipinski definition) is 1. The van der Waals surface area contributed by atoms with E-state index in [0.717, 1.165) is 12.1 Å². The number of hydrogen-bond donors (Lipinski definition) is 0. The molecule has 0 atom stereocenters. The van der Waals surface area contributed by atoms with Crippen LogP contribution in [0.4, 0.5) is 8.78 Å². The van der Waals surface area contributed by atoms with E-state index in [1.54, 1.807) is 6.07 Å². The molecule has 0 bridgehead atoms. The first kappa shape index (κ1) is 12.1. The van der Waals surface area contributed by atoms with Crippen molar-refractivity contribution in [2.45, 2.75) is 20.4 Å². The largest absolute Gasteiger partial charge is 0.302 e. The van der Waals surface area contributed by atoms with Crippen molar-refractivity contribution in [2.75, 3.05) is 13.6 Å². The first-order chi connectivity index (χ1) is 6.99. The van der Waals surface area contributed by atoms with Gasteiger partial charge in [-0.1, -0.05) is 19.9 Å². The highest BCUT2D eigenvalue weighted by atomic mass is 19.2. The molecule has 0 fully saturated rings. The van der Waals surface area contributed by atoms with Crippen LogP contribution in [0.5, 0.6) is 0 Å². The van der Waals surface area contributed by atoms with E-state index in [4.69, 9.17) is 0 Å². The average molecular weight is 213 g/mol. The van der Waals surface area contributed by atoms with Gasteiger partial charge in [-0.15, -0.1) is 0 Å². The van der Waals surface area contributed by atoms with Crippen molar-refractivity contribution in [3.8, 4) is 0 Å². The molecule has 0 saturated heterocycles. The van der Waals surface area contributed by atoms with Gasteiger partial charge in [-0.25, -0.2) is 8.78 Å². The Balaban J connectivity index is 2.60. The lowest BCUT2D eigenvalue weighted by Gasteiger charge is -2.18. The summed E-state index contributed by atoms with van der Waals surface area (Å²) in [5.41, 5.74) is 0.803. The van der Waals surface area contributed by atoms with Crippen LogP contribution in [-0.4, -0.2) is 18.5 Å². The summed E-state index contributed by atoms with van der Waals surface area (Å²) in [6.45, 7) is 5.85. The van der Waals surface area contributed by atoms with E-state index in [1.165, 1.54) is 12.1 Å². The molecule has 0 heterocycles. The molecule has 0 aliphatic rings. The highest BCUT2D eigenvalue weighted by Gasteiger charge is 2.06. The van der Waals surface area contributed by atoms with E-state index in [1.807, 2.05) is 7.05 Å². The van der Waals surface area contributed by atoms with Gasteiger partial charge < -0.3 is 4.90 Å². The molecule has 84 valence electrons. The summed E-state index contributed by atoms with van der Waals surface area (Å²) < 4.78 is 25.6. The zero-order valence-electron chi connectivity index (χ0n) is 9.43. The van der Waals surface area contributed by atoms with E-state index < -0.39 is 11.6 Å².